The van der Waals surface area contributed by atoms with Crippen molar-refractivity contribution in [1.29, 1.82) is 0 Å². The first-order valence-corrected chi connectivity index (χ1v) is 5.42. The van der Waals surface area contributed by atoms with Crippen LogP contribution in [0.3, 0.4) is 0 Å². The summed E-state index contributed by atoms with van der Waals surface area (Å²) in [7, 11) is 0. The molecule has 0 amide bonds. The Balaban J connectivity index is 1.84. The number of nitrogens with one attached hydrogen (secondary N) is 1. The average Bonchev–Trinajstić information content (AvgIpc) is 2.64. The number of aromatic nitrogens is 1. The van der Waals surface area contributed by atoms with Gasteiger partial charge in [0.05, 0.1) is 5.69 Å². The predicted molar refractivity (Wildman–Crippen MR) is 63.0 cm³/mol. The van der Waals surface area contributed by atoms with Crippen molar-refractivity contribution in [3.63, 3.8) is 0 Å². The minimum Gasteiger partial charge on any atom is -0.361 e. The molecule has 0 radical (unpaired) electrons. The second kappa shape index (κ2) is 4.94. The van der Waals surface area contributed by atoms with Crippen molar-refractivity contribution in [2.75, 3.05) is 0 Å². The fourth-order valence-electron chi connectivity index (χ4n) is 1.66. The van der Waals surface area contributed by atoms with Crippen molar-refractivity contribution in [3.8, 4) is 0 Å². The molecule has 0 aliphatic rings. The van der Waals surface area contributed by atoms with Gasteiger partial charge in [0.1, 0.15) is 5.76 Å². The lowest BCUT2D eigenvalue weighted by Gasteiger charge is -2.03. The van der Waals surface area contributed by atoms with Gasteiger partial charge in [-0.05, 0) is 19.4 Å². The zero-order chi connectivity index (χ0) is 11.4. The third-order valence-corrected chi connectivity index (χ3v) is 2.39. The van der Waals surface area contributed by atoms with E-state index in [-0.39, 0.29) is 0 Å². The van der Waals surface area contributed by atoms with Crippen molar-refractivity contribution in [2.24, 2.45) is 0 Å². The van der Waals surface area contributed by atoms with Gasteiger partial charge in [0.15, 0.2) is 0 Å². The first kappa shape index (κ1) is 10.9. The van der Waals surface area contributed by atoms with Crippen LogP contribution >= 0.6 is 0 Å². The van der Waals surface area contributed by atoms with Crippen molar-refractivity contribution in [2.45, 2.75) is 26.9 Å². The first-order chi connectivity index (χ1) is 7.74. The highest BCUT2D eigenvalue weighted by molar-refractivity contribution is 5.22. The van der Waals surface area contributed by atoms with Gasteiger partial charge in [0.2, 0.25) is 0 Å². The molecule has 0 bridgehead atoms. The number of aryl methyl sites for hydroxylation is 2. The van der Waals surface area contributed by atoms with E-state index < -0.39 is 0 Å². The van der Waals surface area contributed by atoms with E-state index in [2.05, 4.69) is 41.7 Å². The minimum absolute atomic E-state index is 0.741. The van der Waals surface area contributed by atoms with Crippen LogP contribution in [-0.2, 0) is 13.1 Å². The molecule has 3 heteroatoms. The first-order valence-electron chi connectivity index (χ1n) is 5.42. The molecule has 1 aromatic carbocycles. The number of nitrogens with zero attached hydrogens (tertiary/aromatic N) is 1. The van der Waals surface area contributed by atoms with E-state index in [1.807, 2.05) is 13.0 Å². The van der Waals surface area contributed by atoms with Crippen LogP contribution in [0, 0.1) is 13.8 Å². The molecule has 1 aromatic heterocycles. The Morgan fingerprint density at radius 2 is 2.06 bits per heavy atom. The fraction of sp³-hybridized carbons (Fsp3) is 0.308. The standard InChI is InChI=1S/C13H16N2O/c1-10-4-3-5-12(6-10)8-14-9-13-7-11(2)16-15-13/h3-7,14H,8-9H2,1-2H3. The smallest absolute Gasteiger partial charge is 0.133 e. The normalized spacial score (nSPS) is 10.6. The summed E-state index contributed by atoms with van der Waals surface area (Å²) >= 11 is 0. The Hall–Kier alpha value is -1.61. The van der Waals surface area contributed by atoms with Crippen molar-refractivity contribution in [1.82, 2.24) is 10.5 Å². The zero-order valence-corrected chi connectivity index (χ0v) is 9.66. The van der Waals surface area contributed by atoms with Gasteiger partial charge in [-0.25, -0.2) is 0 Å². The van der Waals surface area contributed by atoms with E-state index >= 15 is 0 Å². The maximum atomic E-state index is 5.00. The van der Waals surface area contributed by atoms with Crippen LogP contribution in [-0.4, -0.2) is 5.16 Å². The number of benzene rings is 1. The van der Waals surface area contributed by atoms with E-state index in [1.165, 1.54) is 11.1 Å². The van der Waals surface area contributed by atoms with Crippen molar-refractivity contribution in [3.05, 3.63) is 52.9 Å². The van der Waals surface area contributed by atoms with Crippen LogP contribution < -0.4 is 5.32 Å². The fourth-order valence-corrected chi connectivity index (χ4v) is 1.66. The summed E-state index contributed by atoms with van der Waals surface area (Å²) in [6.07, 6.45) is 0. The highest BCUT2D eigenvalue weighted by Gasteiger charge is 1.99. The van der Waals surface area contributed by atoms with E-state index in [4.69, 9.17) is 4.52 Å². The monoisotopic (exact) mass is 216 g/mol. The largest absolute Gasteiger partial charge is 0.361 e. The Morgan fingerprint density at radius 1 is 1.19 bits per heavy atom. The summed E-state index contributed by atoms with van der Waals surface area (Å²) in [5, 5.41) is 7.26. The molecule has 1 heterocycles. The molecule has 3 nitrogen and oxygen atoms in total. The summed E-state index contributed by atoms with van der Waals surface area (Å²) in [4.78, 5) is 0. The Kier molecular flexibility index (Phi) is 3.37. The maximum Gasteiger partial charge on any atom is 0.133 e. The van der Waals surface area contributed by atoms with Crippen LogP contribution in [0.5, 0.6) is 0 Å². The highest BCUT2D eigenvalue weighted by atomic mass is 16.5. The molecular formula is C13H16N2O. The topological polar surface area (TPSA) is 38.1 Å². The van der Waals surface area contributed by atoms with Crippen LogP contribution in [0.15, 0.2) is 34.9 Å². The molecular weight excluding hydrogens is 200 g/mol. The van der Waals surface area contributed by atoms with Gasteiger partial charge in [-0.2, -0.15) is 0 Å². The van der Waals surface area contributed by atoms with Gasteiger partial charge >= 0.3 is 0 Å². The molecule has 2 rings (SSSR count). The van der Waals surface area contributed by atoms with Gasteiger partial charge in [-0.15, -0.1) is 0 Å². The lowest BCUT2D eigenvalue weighted by Crippen LogP contribution is -2.12. The van der Waals surface area contributed by atoms with Gasteiger partial charge < -0.3 is 9.84 Å². The second-order valence-corrected chi connectivity index (χ2v) is 4.02. The summed E-state index contributed by atoms with van der Waals surface area (Å²) in [6, 6.07) is 10.4. The molecule has 0 spiro atoms. The average molecular weight is 216 g/mol. The highest BCUT2D eigenvalue weighted by Crippen LogP contribution is 2.04. The number of hydrogen-bond donors (Lipinski definition) is 1. The van der Waals surface area contributed by atoms with Crippen LogP contribution in [0.1, 0.15) is 22.6 Å². The summed E-state index contributed by atoms with van der Waals surface area (Å²) in [5.74, 6) is 0.854. The molecule has 0 unspecified atom stereocenters. The molecule has 84 valence electrons. The molecule has 16 heavy (non-hydrogen) atoms. The van der Waals surface area contributed by atoms with Gasteiger partial charge in [0.25, 0.3) is 0 Å². The van der Waals surface area contributed by atoms with E-state index in [0.717, 1.165) is 24.5 Å². The molecule has 2 aromatic rings. The third kappa shape index (κ3) is 2.94. The molecule has 0 saturated carbocycles. The lowest BCUT2D eigenvalue weighted by atomic mass is 10.1. The van der Waals surface area contributed by atoms with Gasteiger partial charge in [-0.3, -0.25) is 0 Å². The number of hydrogen-bond acceptors (Lipinski definition) is 3. The zero-order valence-electron chi connectivity index (χ0n) is 9.66. The molecule has 0 aliphatic carbocycles. The molecule has 1 N–H and O–H groups in total. The van der Waals surface area contributed by atoms with Crippen LogP contribution in [0.25, 0.3) is 0 Å². The van der Waals surface area contributed by atoms with Crippen LogP contribution in [0.2, 0.25) is 0 Å². The Morgan fingerprint density at radius 3 is 2.75 bits per heavy atom. The SMILES string of the molecule is Cc1cccc(CNCc2cc(C)on2)c1. The second-order valence-electron chi connectivity index (χ2n) is 4.02. The molecule has 0 atom stereocenters. The van der Waals surface area contributed by atoms with Crippen LogP contribution in [0.4, 0.5) is 0 Å². The van der Waals surface area contributed by atoms with E-state index in [9.17, 15) is 0 Å². The molecule has 0 saturated heterocycles. The molecule has 0 fully saturated rings. The lowest BCUT2D eigenvalue weighted by molar-refractivity contribution is 0.388. The summed E-state index contributed by atoms with van der Waals surface area (Å²) < 4.78 is 5.00. The van der Waals surface area contributed by atoms with Gasteiger partial charge in [-0.1, -0.05) is 35.0 Å². The number of rotatable bonds is 4. The maximum absolute atomic E-state index is 5.00. The predicted octanol–water partition coefficient (Wildman–Crippen LogP) is 2.58. The molecule has 0 aliphatic heterocycles. The Bertz CT molecular complexity index is 462. The van der Waals surface area contributed by atoms with Gasteiger partial charge in [0, 0.05) is 19.2 Å². The summed E-state index contributed by atoms with van der Waals surface area (Å²) in [6.45, 7) is 5.60. The minimum atomic E-state index is 0.741. The Labute approximate surface area is 95.5 Å². The van der Waals surface area contributed by atoms with E-state index in [0.29, 0.717) is 0 Å². The third-order valence-electron chi connectivity index (χ3n) is 2.39. The van der Waals surface area contributed by atoms with Crippen molar-refractivity contribution >= 4 is 0 Å². The summed E-state index contributed by atoms with van der Waals surface area (Å²) in [5.41, 5.74) is 3.53. The van der Waals surface area contributed by atoms with Crippen molar-refractivity contribution < 1.29 is 4.52 Å². The van der Waals surface area contributed by atoms with E-state index in [1.54, 1.807) is 0 Å². The quantitative estimate of drug-likeness (QED) is 0.853.